The molecule has 21 heavy (non-hydrogen) atoms. The Kier molecular flexibility index (Phi) is 7.08. The van der Waals surface area contributed by atoms with Crippen molar-refractivity contribution >= 4 is 0 Å². The van der Waals surface area contributed by atoms with Gasteiger partial charge in [0.05, 0.1) is 6.61 Å². The average molecular weight is 289 g/mol. The molecule has 1 fully saturated rings. The maximum absolute atomic E-state index is 5.60. The minimum absolute atomic E-state index is 0.803. The van der Waals surface area contributed by atoms with Crippen LogP contribution in [0.25, 0.3) is 0 Å². The number of ether oxygens (including phenoxy) is 1. The van der Waals surface area contributed by atoms with Crippen molar-refractivity contribution in [3.8, 4) is 5.75 Å². The van der Waals surface area contributed by atoms with E-state index in [0.717, 1.165) is 43.7 Å². The highest BCUT2D eigenvalue weighted by molar-refractivity contribution is 5.27. The SMILES string of the molecule is CCCOc1ccc(CNCCC2CCC(C)CC2)cc1. The van der Waals surface area contributed by atoms with Gasteiger partial charge in [-0.25, -0.2) is 0 Å². The van der Waals surface area contributed by atoms with E-state index in [9.17, 15) is 0 Å². The Balaban J connectivity index is 1.60. The molecule has 1 aliphatic carbocycles. The van der Waals surface area contributed by atoms with Gasteiger partial charge < -0.3 is 10.1 Å². The van der Waals surface area contributed by atoms with Crippen LogP contribution in [0.1, 0.15) is 57.9 Å². The van der Waals surface area contributed by atoms with E-state index in [0.29, 0.717) is 0 Å². The third-order valence-electron chi connectivity index (χ3n) is 4.59. The van der Waals surface area contributed by atoms with Crippen molar-refractivity contribution in [3.63, 3.8) is 0 Å². The molecule has 0 aliphatic heterocycles. The molecular formula is C19H31NO. The fourth-order valence-corrected chi connectivity index (χ4v) is 3.08. The first-order valence-corrected chi connectivity index (χ1v) is 8.70. The number of benzene rings is 1. The second-order valence-electron chi connectivity index (χ2n) is 6.58. The van der Waals surface area contributed by atoms with Gasteiger partial charge in [0.25, 0.3) is 0 Å². The van der Waals surface area contributed by atoms with Crippen molar-refractivity contribution in [1.29, 1.82) is 0 Å². The summed E-state index contributed by atoms with van der Waals surface area (Å²) in [4.78, 5) is 0. The van der Waals surface area contributed by atoms with Crippen LogP contribution in [0.15, 0.2) is 24.3 Å². The van der Waals surface area contributed by atoms with Gasteiger partial charge in [-0.2, -0.15) is 0 Å². The van der Waals surface area contributed by atoms with Crippen molar-refractivity contribution in [2.45, 2.75) is 58.9 Å². The Morgan fingerprint density at radius 3 is 2.48 bits per heavy atom. The Hall–Kier alpha value is -1.02. The van der Waals surface area contributed by atoms with Crippen LogP contribution in [0.2, 0.25) is 0 Å². The molecule has 1 aromatic carbocycles. The van der Waals surface area contributed by atoms with Gasteiger partial charge in [-0.15, -0.1) is 0 Å². The lowest BCUT2D eigenvalue weighted by atomic mass is 9.81. The molecule has 118 valence electrons. The van der Waals surface area contributed by atoms with E-state index >= 15 is 0 Å². The Labute approximate surface area is 130 Å². The Bertz CT molecular complexity index is 379. The molecular weight excluding hydrogens is 258 g/mol. The molecule has 2 rings (SSSR count). The normalized spacial score (nSPS) is 22.2. The summed E-state index contributed by atoms with van der Waals surface area (Å²) in [5, 5.41) is 3.58. The quantitative estimate of drug-likeness (QED) is 0.695. The predicted octanol–water partition coefficient (Wildman–Crippen LogP) is 4.78. The van der Waals surface area contributed by atoms with Gasteiger partial charge in [0.15, 0.2) is 0 Å². The second kappa shape index (κ2) is 9.09. The minimum atomic E-state index is 0.803. The van der Waals surface area contributed by atoms with E-state index in [2.05, 4.69) is 43.4 Å². The van der Waals surface area contributed by atoms with Gasteiger partial charge in [0.2, 0.25) is 0 Å². The van der Waals surface area contributed by atoms with E-state index in [-0.39, 0.29) is 0 Å². The van der Waals surface area contributed by atoms with Gasteiger partial charge in [0.1, 0.15) is 5.75 Å². The van der Waals surface area contributed by atoms with E-state index in [1.165, 1.54) is 37.7 Å². The lowest BCUT2D eigenvalue weighted by Gasteiger charge is -2.26. The van der Waals surface area contributed by atoms with Crippen molar-refractivity contribution in [2.24, 2.45) is 11.8 Å². The molecule has 0 aromatic heterocycles. The summed E-state index contributed by atoms with van der Waals surface area (Å²) in [5.74, 6) is 2.90. The smallest absolute Gasteiger partial charge is 0.119 e. The molecule has 1 aromatic rings. The zero-order valence-corrected chi connectivity index (χ0v) is 13.7. The van der Waals surface area contributed by atoms with Gasteiger partial charge in [-0.05, 0) is 48.9 Å². The number of hydrogen-bond donors (Lipinski definition) is 1. The number of rotatable bonds is 8. The van der Waals surface area contributed by atoms with Crippen LogP contribution in [0.4, 0.5) is 0 Å². The summed E-state index contributed by atoms with van der Waals surface area (Å²) in [5.41, 5.74) is 1.34. The molecule has 2 heteroatoms. The van der Waals surface area contributed by atoms with Gasteiger partial charge in [0, 0.05) is 6.54 Å². The summed E-state index contributed by atoms with van der Waals surface area (Å²) in [7, 11) is 0. The maximum atomic E-state index is 5.60. The highest BCUT2D eigenvalue weighted by Gasteiger charge is 2.17. The highest BCUT2D eigenvalue weighted by Crippen LogP contribution is 2.29. The highest BCUT2D eigenvalue weighted by atomic mass is 16.5. The fourth-order valence-electron chi connectivity index (χ4n) is 3.08. The first kappa shape index (κ1) is 16.4. The average Bonchev–Trinajstić information content (AvgIpc) is 2.52. The van der Waals surface area contributed by atoms with Crippen LogP contribution in [-0.4, -0.2) is 13.2 Å². The van der Waals surface area contributed by atoms with Crippen molar-refractivity contribution in [1.82, 2.24) is 5.32 Å². The molecule has 1 saturated carbocycles. The minimum Gasteiger partial charge on any atom is -0.494 e. The van der Waals surface area contributed by atoms with E-state index in [1.807, 2.05) is 0 Å². The summed E-state index contributed by atoms with van der Waals surface area (Å²) >= 11 is 0. The largest absolute Gasteiger partial charge is 0.494 e. The second-order valence-corrected chi connectivity index (χ2v) is 6.58. The molecule has 0 amide bonds. The first-order valence-electron chi connectivity index (χ1n) is 8.70. The molecule has 0 spiro atoms. The van der Waals surface area contributed by atoms with Crippen LogP contribution >= 0.6 is 0 Å². The molecule has 0 saturated heterocycles. The summed E-state index contributed by atoms with van der Waals surface area (Å²) in [6.07, 6.45) is 8.14. The van der Waals surface area contributed by atoms with Crippen LogP contribution < -0.4 is 10.1 Å². The lowest BCUT2D eigenvalue weighted by molar-refractivity contribution is 0.275. The summed E-state index contributed by atoms with van der Waals surface area (Å²) in [6, 6.07) is 8.49. The predicted molar refractivity (Wildman–Crippen MR) is 89.7 cm³/mol. The topological polar surface area (TPSA) is 21.3 Å². The van der Waals surface area contributed by atoms with Gasteiger partial charge in [-0.1, -0.05) is 51.7 Å². The van der Waals surface area contributed by atoms with Gasteiger partial charge >= 0.3 is 0 Å². The van der Waals surface area contributed by atoms with Crippen molar-refractivity contribution in [3.05, 3.63) is 29.8 Å². The number of nitrogens with one attached hydrogen (secondary N) is 1. The molecule has 0 unspecified atom stereocenters. The standard InChI is InChI=1S/C19H31NO/c1-3-14-21-19-10-8-18(9-11-19)15-20-13-12-17-6-4-16(2)5-7-17/h8-11,16-17,20H,3-7,12-15H2,1-2H3. The van der Waals surface area contributed by atoms with E-state index in [4.69, 9.17) is 4.74 Å². The monoisotopic (exact) mass is 289 g/mol. The number of hydrogen-bond acceptors (Lipinski definition) is 2. The van der Waals surface area contributed by atoms with Crippen LogP contribution in [0.5, 0.6) is 5.75 Å². The molecule has 0 bridgehead atoms. The lowest BCUT2D eigenvalue weighted by Crippen LogP contribution is -2.20. The zero-order chi connectivity index (χ0) is 14.9. The Morgan fingerprint density at radius 1 is 1.10 bits per heavy atom. The van der Waals surface area contributed by atoms with E-state index < -0.39 is 0 Å². The molecule has 1 aliphatic rings. The van der Waals surface area contributed by atoms with Gasteiger partial charge in [-0.3, -0.25) is 0 Å². The van der Waals surface area contributed by atoms with Crippen LogP contribution in [-0.2, 0) is 6.54 Å². The fraction of sp³-hybridized carbons (Fsp3) is 0.684. The van der Waals surface area contributed by atoms with Crippen molar-refractivity contribution in [2.75, 3.05) is 13.2 Å². The van der Waals surface area contributed by atoms with Crippen LogP contribution in [0.3, 0.4) is 0 Å². The maximum Gasteiger partial charge on any atom is 0.119 e. The van der Waals surface area contributed by atoms with Crippen molar-refractivity contribution < 1.29 is 4.74 Å². The zero-order valence-electron chi connectivity index (χ0n) is 13.7. The molecule has 0 radical (unpaired) electrons. The third kappa shape index (κ3) is 6.09. The van der Waals surface area contributed by atoms with Crippen LogP contribution in [0, 0.1) is 11.8 Å². The Morgan fingerprint density at radius 2 is 1.81 bits per heavy atom. The molecule has 0 atom stereocenters. The molecule has 1 N–H and O–H groups in total. The molecule has 2 nitrogen and oxygen atoms in total. The first-order chi connectivity index (χ1) is 10.3. The summed E-state index contributed by atoms with van der Waals surface area (Å²) < 4.78 is 5.60. The summed E-state index contributed by atoms with van der Waals surface area (Å²) in [6.45, 7) is 7.44. The third-order valence-corrected chi connectivity index (χ3v) is 4.59. The molecule has 0 heterocycles. The van der Waals surface area contributed by atoms with E-state index in [1.54, 1.807) is 0 Å².